The van der Waals surface area contributed by atoms with E-state index in [1.807, 2.05) is 11.8 Å². The molecular weight excluding hydrogens is 393 g/mol. The Labute approximate surface area is 148 Å². The van der Waals surface area contributed by atoms with Gasteiger partial charge in [-0.1, -0.05) is 24.3 Å². The van der Waals surface area contributed by atoms with Crippen molar-refractivity contribution in [1.82, 2.24) is 4.90 Å². The molecule has 0 atom stereocenters. The van der Waals surface area contributed by atoms with Gasteiger partial charge in [0.25, 0.3) is 0 Å². The number of hydrogen-bond donors (Lipinski definition) is 1. The molecule has 0 radical (unpaired) electrons. The largest absolute Gasteiger partial charge is 0.370 e. The molecular formula is C16H24IN3S. The third-order valence-corrected chi connectivity index (χ3v) is 5.33. The van der Waals surface area contributed by atoms with Crippen LogP contribution in [0.25, 0.3) is 0 Å². The maximum absolute atomic E-state index is 6.14. The SMILES string of the molecule is Cc1ccccc1C1CC(N=C(N)N2CCSCC2)C1.I. The van der Waals surface area contributed by atoms with Crippen molar-refractivity contribution in [2.45, 2.75) is 31.7 Å². The van der Waals surface area contributed by atoms with Gasteiger partial charge in [0.05, 0.1) is 6.04 Å². The van der Waals surface area contributed by atoms with Gasteiger partial charge < -0.3 is 10.6 Å². The zero-order valence-corrected chi connectivity index (χ0v) is 15.6. The summed E-state index contributed by atoms with van der Waals surface area (Å²) < 4.78 is 0. The number of aliphatic imine (C=N–C) groups is 1. The van der Waals surface area contributed by atoms with Crippen LogP contribution in [0.3, 0.4) is 0 Å². The summed E-state index contributed by atoms with van der Waals surface area (Å²) in [5.41, 5.74) is 9.04. The molecule has 2 fully saturated rings. The molecule has 1 aromatic rings. The third-order valence-electron chi connectivity index (χ3n) is 4.39. The highest BCUT2D eigenvalue weighted by Crippen LogP contribution is 2.40. The molecule has 116 valence electrons. The molecule has 1 saturated carbocycles. The van der Waals surface area contributed by atoms with Crippen LogP contribution in [0.5, 0.6) is 0 Å². The molecule has 2 aliphatic rings. The van der Waals surface area contributed by atoms with E-state index in [4.69, 9.17) is 10.7 Å². The second-order valence-electron chi connectivity index (χ2n) is 5.77. The molecule has 0 amide bonds. The summed E-state index contributed by atoms with van der Waals surface area (Å²) in [6.07, 6.45) is 2.29. The lowest BCUT2D eigenvalue weighted by Crippen LogP contribution is -2.44. The van der Waals surface area contributed by atoms with Gasteiger partial charge >= 0.3 is 0 Å². The standard InChI is InChI=1S/C16H23N3S.HI/c1-12-4-2-3-5-15(12)13-10-14(11-13)18-16(17)19-6-8-20-9-7-19;/h2-5,13-14H,6-11H2,1H3,(H2,17,18);1H. The Morgan fingerprint density at radius 3 is 2.57 bits per heavy atom. The van der Waals surface area contributed by atoms with Crippen molar-refractivity contribution < 1.29 is 0 Å². The predicted octanol–water partition coefficient (Wildman–Crippen LogP) is 3.22. The van der Waals surface area contributed by atoms with Gasteiger partial charge in [0.1, 0.15) is 0 Å². The summed E-state index contributed by atoms with van der Waals surface area (Å²) in [7, 11) is 0. The van der Waals surface area contributed by atoms with Crippen LogP contribution in [0, 0.1) is 6.92 Å². The molecule has 1 aliphatic carbocycles. The molecule has 0 bridgehead atoms. The van der Waals surface area contributed by atoms with Crippen LogP contribution in [0.1, 0.15) is 29.9 Å². The van der Waals surface area contributed by atoms with Crippen molar-refractivity contribution in [3.05, 3.63) is 35.4 Å². The minimum Gasteiger partial charge on any atom is -0.370 e. The fourth-order valence-corrected chi connectivity index (χ4v) is 3.96. The Morgan fingerprint density at radius 1 is 1.24 bits per heavy atom. The molecule has 3 rings (SSSR count). The van der Waals surface area contributed by atoms with Gasteiger partial charge in [0.15, 0.2) is 5.96 Å². The maximum Gasteiger partial charge on any atom is 0.191 e. The first kappa shape index (κ1) is 16.9. The molecule has 21 heavy (non-hydrogen) atoms. The van der Waals surface area contributed by atoms with Crippen molar-refractivity contribution in [2.24, 2.45) is 10.7 Å². The smallest absolute Gasteiger partial charge is 0.191 e. The minimum atomic E-state index is 0. The molecule has 0 spiro atoms. The molecule has 0 unspecified atom stereocenters. The Balaban J connectivity index is 0.00000161. The quantitative estimate of drug-likeness (QED) is 0.457. The first-order valence-electron chi connectivity index (χ1n) is 7.45. The van der Waals surface area contributed by atoms with Crippen molar-refractivity contribution in [1.29, 1.82) is 0 Å². The Hall–Kier alpha value is -0.430. The number of rotatable bonds is 2. The highest BCUT2D eigenvalue weighted by atomic mass is 127. The van der Waals surface area contributed by atoms with Gasteiger partial charge in [0, 0.05) is 24.6 Å². The van der Waals surface area contributed by atoms with Crippen molar-refractivity contribution in [3.8, 4) is 0 Å². The van der Waals surface area contributed by atoms with E-state index in [2.05, 4.69) is 36.1 Å². The second-order valence-corrected chi connectivity index (χ2v) is 6.99. The van der Waals surface area contributed by atoms with Crippen LogP contribution in [0.4, 0.5) is 0 Å². The first-order valence-corrected chi connectivity index (χ1v) is 8.61. The van der Waals surface area contributed by atoms with E-state index in [1.165, 1.54) is 22.6 Å². The number of guanidine groups is 1. The van der Waals surface area contributed by atoms with Crippen LogP contribution < -0.4 is 5.73 Å². The normalized spacial score (nSPS) is 26.0. The number of aryl methyl sites for hydroxylation is 1. The Bertz CT molecular complexity index is 494. The lowest BCUT2D eigenvalue weighted by molar-refractivity contribution is 0.345. The van der Waals surface area contributed by atoms with Gasteiger partial charge in [0.2, 0.25) is 0 Å². The predicted molar refractivity (Wildman–Crippen MR) is 103 cm³/mol. The number of halogens is 1. The third kappa shape index (κ3) is 4.06. The molecule has 1 aliphatic heterocycles. The van der Waals surface area contributed by atoms with Crippen LogP contribution >= 0.6 is 35.7 Å². The van der Waals surface area contributed by atoms with Gasteiger partial charge in [-0.05, 0) is 36.8 Å². The highest BCUT2D eigenvalue weighted by Gasteiger charge is 2.31. The lowest BCUT2D eigenvalue weighted by Gasteiger charge is -2.35. The Morgan fingerprint density at radius 2 is 1.90 bits per heavy atom. The number of thioether (sulfide) groups is 1. The van der Waals surface area contributed by atoms with Crippen LogP contribution in [-0.2, 0) is 0 Å². The lowest BCUT2D eigenvalue weighted by atomic mass is 9.75. The average molecular weight is 417 g/mol. The summed E-state index contributed by atoms with van der Waals surface area (Å²) in [6.45, 7) is 4.30. The van der Waals surface area contributed by atoms with Crippen molar-refractivity contribution in [2.75, 3.05) is 24.6 Å². The highest BCUT2D eigenvalue weighted by molar-refractivity contribution is 14.0. The second kappa shape index (κ2) is 7.72. The minimum absolute atomic E-state index is 0. The van der Waals surface area contributed by atoms with E-state index >= 15 is 0 Å². The number of nitrogens with zero attached hydrogens (tertiary/aromatic N) is 2. The van der Waals surface area contributed by atoms with Crippen molar-refractivity contribution >= 4 is 41.7 Å². The molecule has 5 heteroatoms. The molecule has 3 nitrogen and oxygen atoms in total. The van der Waals surface area contributed by atoms with E-state index in [9.17, 15) is 0 Å². The molecule has 1 saturated heterocycles. The van der Waals surface area contributed by atoms with E-state index in [0.29, 0.717) is 12.0 Å². The van der Waals surface area contributed by atoms with Gasteiger partial charge in [-0.15, -0.1) is 24.0 Å². The van der Waals surface area contributed by atoms with Crippen LogP contribution in [0.15, 0.2) is 29.3 Å². The van der Waals surface area contributed by atoms with Gasteiger partial charge in [-0.2, -0.15) is 11.8 Å². The number of benzene rings is 1. The zero-order chi connectivity index (χ0) is 13.9. The average Bonchev–Trinajstić information content (AvgIpc) is 2.44. The molecule has 1 aromatic carbocycles. The fourth-order valence-electron chi connectivity index (χ4n) is 3.05. The summed E-state index contributed by atoms with van der Waals surface area (Å²) in [4.78, 5) is 6.96. The number of hydrogen-bond acceptors (Lipinski definition) is 2. The summed E-state index contributed by atoms with van der Waals surface area (Å²) in [5, 5.41) is 0. The summed E-state index contributed by atoms with van der Waals surface area (Å²) in [5.74, 6) is 3.78. The Kier molecular flexibility index (Phi) is 6.22. The maximum atomic E-state index is 6.14. The number of nitrogens with two attached hydrogens (primary N) is 1. The molecule has 0 aromatic heterocycles. The monoisotopic (exact) mass is 417 g/mol. The van der Waals surface area contributed by atoms with E-state index in [1.54, 1.807) is 0 Å². The van der Waals surface area contributed by atoms with E-state index in [0.717, 1.165) is 31.9 Å². The van der Waals surface area contributed by atoms with Crippen molar-refractivity contribution in [3.63, 3.8) is 0 Å². The first-order chi connectivity index (χ1) is 9.74. The molecule has 1 heterocycles. The van der Waals surface area contributed by atoms with Gasteiger partial charge in [-0.3, -0.25) is 0 Å². The topological polar surface area (TPSA) is 41.6 Å². The van der Waals surface area contributed by atoms with E-state index in [-0.39, 0.29) is 24.0 Å². The van der Waals surface area contributed by atoms with Crippen LogP contribution in [-0.4, -0.2) is 41.5 Å². The van der Waals surface area contributed by atoms with Crippen LogP contribution in [0.2, 0.25) is 0 Å². The zero-order valence-electron chi connectivity index (χ0n) is 12.5. The summed E-state index contributed by atoms with van der Waals surface area (Å²) >= 11 is 2.00. The van der Waals surface area contributed by atoms with Gasteiger partial charge in [-0.25, -0.2) is 4.99 Å². The fraction of sp³-hybridized carbons (Fsp3) is 0.562. The summed E-state index contributed by atoms with van der Waals surface area (Å²) in [6, 6.07) is 9.13. The van der Waals surface area contributed by atoms with E-state index < -0.39 is 0 Å². The molecule has 2 N–H and O–H groups in total.